The molecule has 2 aromatic heterocycles. The van der Waals surface area contributed by atoms with Crippen LogP contribution in [0.5, 0.6) is 0 Å². The first kappa shape index (κ1) is 23.5. The van der Waals surface area contributed by atoms with Gasteiger partial charge in [0.1, 0.15) is 0 Å². The molecule has 0 saturated carbocycles. The minimum absolute atomic E-state index is 0.00272. The average molecular weight is 502 g/mol. The van der Waals surface area contributed by atoms with Crippen LogP contribution in [0.1, 0.15) is 49.2 Å². The number of hydrogen-bond donors (Lipinski definition) is 1. The Balaban J connectivity index is 1.36. The van der Waals surface area contributed by atoms with Gasteiger partial charge in [-0.05, 0) is 62.4 Å². The highest BCUT2D eigenvalue weighted by Crippen LogP contribution is 2.47. The van der Waals surface area contributed by atoms with Gasteiger partial charge in [-0.1, -0.05) is 6.07 Å². The monoisotopic (exact) mass is 501 g/mol. The molecule has 2 unspecified atom stereocenters. The second-order valence-electron chi connectivity index (χ2n) is 10.8. The zero-order chi connectivity index (χ0) is 25.8. The Bertz CT molecular complexity index is 1440. The van der Waals surface area contributed by atoms with Gasteiger partial charge in [-0.2, -0.15) is 0 Å². The summed E-state index contributed by atoms with van der Waals surface area (Å²) in [6.07, 6.45) is 3.38. The Morgan fingerprint density at radius 2 is 2.00 bits per heavy atom. The van der Waals surface area contributed by atoms with E-state index in [1.165, 1.54) is 0 Å². The lowest BCUT2D eigenvalue weighted by atomic mass is 9.70. The van der Waals surface area contributed by atoms with E-state index in [4.69, 9.17) is 0 Å². The third kappa shape index (κ3) is 3.93. The van der Waals surface area contributed by atoms with Crippen molar-refractivity contribution >= 4 is 17.3 Å². The molecule has 2 bridgehead atoms. The van der Waals surface area contributed by atoms with Gasteiger partial charge in [-0.3, -0.25) is 19.7 Å². The number of benzene rings is 1. The second-order valence-corrected chi connectivity index (χ2v) is 10.8. The number of nitrogens with zero attached hydrogens (tertiary/aromatic N) is 4. The van der Waals surface area contributed by atoms with Crippen LogP contribution in [0.4, 0.5) is 11.4 Å². The molecule has 9 nitrogen and oxygen atoms in total. The Labute approximate surface area is 214 Å². The molecule has 192 valence electrons. The number of fused-ring (bicyclic) bond motifs is 8. The number of nitro groups is 1. The predicted molar refractivity (Wildman–Crippen MR) is 140 cm³/mol. The summed E-state index contributed by atoms with van der Waals surface area (Å²) in [4.78, 5) is 39.9. The number of nitrogens with one attached hydrogen (secondary N) is 1. The largest absolute Gasteiger partial charge is 0.366 e. The highest BCUT2D eigenvalue weighted by molar-refractivity contribution is 5.82. The summed E-state index contributed by atoms with van der Waals surface area (Å²) in [6, 6.07) is 14.7. The van der Waals surface area contributed by atoms with Crippen LogP contribution in [0.15, 0.2) is 59.5 Å². The molecule has 4 atom stereocenters. The number of non-ortho nitro benzene ring substituents is 1. The van der Waals surface area contributed by atoms with Crippen LogP contribution in [0.25, 0.3) is 0 Å². The van der Waals surface area contributed by atoms with Gasteiger partial charge in [0.2, 0.25) is 5.91 Å². The summed E-state index contributed by atoms with van der Waals surface area (Å²) in [5, 5.41) is 14.7. The third-order valence-corrected chi connectivity index (χ3v) is 8.41. The van der Waals surface area contributed by atoms with Crippen molar-refractivity contribution in [1.29, 1.82) is 0 Å². The Morgan fingerprint density at radius 3 is 2.78 bits per heavy atom. The summed E-state index contributed by atoms with van der Waals surface area (Å²) < 4.78 is 4.02. The molecule has 3 aliphatic heterocycles. The second kappa shape index (κ2) is 8.90. The van der Waals surface area contributed by atoms with Gasteiger partial charge in [0.05, 0.1) is 17.4 Å². The van der Waals surface area contributed by atoms with Crippen molar-refractivity contribution in [1.82, 2.24) is 14.5 Å². The first-order valence-corrected chi connectivity index (χ1v) is 13.0. The first-order chi connectivity index (χ1) is 17.8. The molecule has 1 N–H and O–H groups in total. The van der Waals surface area contributed by atoms with Gasteiger partial charge in [0.25, 0.3) is 11.2 Å². The van der Waals surface area contributed by atoms with Crippen molar-refractivity contribution in [3.8, 4) is 0 Å². The fourth-order valence-corrected chi connectivity index (χ4v) is 6.84. The van der Waals surface area contributed by atoms with E-state index in [0.717, 1.165) is 29.1 Å². The highest BCUT2D eigenvalue weighted by atomic mass is 16.6. The quantitative estimate of drug-likeness (QED) is 0.425. The number of carbonyl (C=O) groups excluding carboxylic acids is 1. The SMILES string of the molecule is CC(C)n1cccc1CNC(=O)[C@@H]1Cc2cc([N+](=O)[O-])ccc2N2CC3CC(Cn4c3cccc4=O)[C@@H]12. The van der Waals surface area contributed by atoms with Crippen LogP contribution in [-0.4, -0.2) is 32.6 Å². The maximum Gasteiger partial charge on any atom is 0.269 e. The average Bonchev–Trinajstić information content (AvgIpc) is 3.36. The number of anilines is 1. The van der Waals surface area contributed by atoms with E-state index in [0.29, 0.717) is 26.1 Å². The van der Waals surface area contributed by atoms with E-state index in [1.54, 1.807) is 18.2 Å². The molecule has 3 aromatic rings. The summed E-state index contributed by atoms with van der Waals surface area (Å²) in [6.45, 7) is 5.89. The number of rotatable bonds is 5. The van der Waals surface area contributed by atoms with Crippen molar-refractivity contribution < 1.29 is 9.72 Å². The van der Waals surface area contributed by atoms with Crippen LogP contribution in [-0.2, 0) is 24.3 Å². The Hall–Kier alpha value is -3.88. The van der Waals surface area contributed by atoms with E-state index in [9.17, 15) is 19.7 Å². The third-order valence-electron chi connectivity index (χ3n) is 8.41. The molecule has 6 rings (SSSR count). The van der Waals surface area contributed by atoms with Crippen molar-refractivity contribution in [3.63, 3.8) is 0 Å². The molecule has 1 fully saturated rings. The van der Waals surface area contributed by atoms with Crippen LogP contribution in [0.3, 0.4) is 0 Å². The Kier molecular flexibility index (Phi) is 5.66. The first-order valence-electron chi connectivity index (χ1n) is 13.0. The minimum Gasteiger partial charge on any atom is -0.366 e. The van der Waals surface area contributed by atoms with E-state index in [1.807, 2.05) is 41.1 Å². The van der Waals surface area contributed by atoms with Gasteiger partial charge in [-0.25, -0.2) is 0 Å². The molecule has 0 radical (unpaired) electrons. The van der Waals surface area contributed by atoms with Crippen molar-refractivity contribution in [2.45, 2.75) is 57.8 Å². The number of pyridine rings is 1. The fraction of sp³-hybridized carbons (Fsp3) is 0.429. The normalized spacial score (nSPS) is 23.7. The lowest BCUT2D eigenvalue weighted by Crippen LogP contribution is -2.61. The standard InChI is InChI=1S/C28H31N5O4/c1-17(2)30-10-4-5-22(30)14-29-28(35)23-13-18-12-21(33(36)37)8-9-25(18)32-15-19-11-20(27(23)32)16-31-24(19)6-3-7-26(31)34/h3-10,12,17,19-20,23,27H,11,13-16H2,1-2H3,(H,29,35)/t19?,20?,23-,27+/m1/s1. The molecule has 3 aliphatic rings. The summed E-state index contributed by atoms with van der Waals surface area (Å²) in [5.41, 5.74) is 3.92. The summed E-state index contributed by atoms with van der Waals surface area (Å²) in [5.74, 6) is -0.120. The molecule has 0 spiro atoms. The summed E-state index contributed by atoms with van der Waals surface area (Å²) >= 11 is 0. The van der Waals surface area contributed by atoms with Gasteiger partial charge < -0.3 is 19.4 Å². The van der Waals surface area contributed by atoms with Crippen molar-refractivity contribution in [3.05, 3.63) is 92.1 Å². The van der Waals surface area contributed by atoms with E-state index in [-0.39, 0.29) is 51.9 Å². The smallest absolute Gasteiger partial charge is 0.269 e. The lowest BCUT2D eigenvalue weighted by Gasteiger charge is -2.54. The van der Waals surface area contributed by atoms with Crippen LogP contribution < -0.4 is 15.8 Å². The maximum absolute atomic E-state index is 13.8. The van der Waals surface area contributed by atoms with Crippen molar-refractivity contribution in [2.24, 2.45) is 11.8 Å². The zero-order valence-electron chi connectivity index (χ0n) is 21.0. The molecule has 1 amide bonds. The van der Waals surface area contributed by atoms with Crippen LogP contribution in [0, 0.1) is 22.0 Å². The molecule has 9 heteroatoms. The van der Waals surface area contributed by atoms with Crippen LogP contribution in [0.2, 0.25) is 0 Å². The summed E-state index contributed by atoms with van der Waals surface area (Å²) in [7, 11) is 0. The molecular weight excluding hydrogens is 470 g/mol. The number of amides is 1. The van der Waals surface area contributed by atoms with Gasteiger partial charge in [0.15, 0.2) is 0 Å². The number of hydrogen-bond acceptors (Lipinski definition) is 5. The molecule has 0 aliphatic carbocycles. The zero-order valence-corrected chi connectivity index (χ0v) is 21.0. The molecule has 37 heavy (non-hydrogen) atoms. The van der Waals surface area contributed by atoms with Gasteiger partial charge >= 0.3 is 0 Å². The predicted octanol–water partition coefficient (Wildman–Crippen LogP) is 3.62. The Morgan fingerprint density at radius 1 is 1.16 bits per heavy atom. The molecule has 1 saturated heterocycles. The van der Waals surface area contributed by atoms with E-state index in [2.05, 4.69) is 28.6 Å². The van der Waals surface area contributed by atoms with Gasteiger partial charge in [0, 0.05) is 72.6 Å². The van der Waals surface area contributed by atoms with E-state index >= 15 is 0 Å². The lowest BCUT2D eigenvalue weighted by molar-refractivity contribution is -0.384. The number of carbonyl (C=O) groups is 1. The van der Waals surface area contributed by atoms with Crippen molar-refractivity contribution in [2.75, 3.05) is 11.4 Å². The van der Waals surface area contributed by atoms with Gasteiger partial charge in [-0.15, -0.1) is 0 Å². The number of aromatic nitrogens is 2. The molecule has 5 heterocycles. The topological polar surface area (TPSA) is 102 Å². The fourth-order valence-electron chi connectivity index (χ4n) is 6.84. The maximum atomic E-state index is 13.8. The number of piperidine rings is 1. The molecular formula is C28H31N5O4. The minimum atomic E-state index is -0.380. The number of nitro benzene ring substituents is 1. The van der Waals surface area contributed by atoms with Crippen LogP contribution >= 0.6 is 0 Å². The van der Waals surface area contributed by atoms with E-state index < -0.39 is 0 Å². The molecule has 1 aromatic carbocycles. The highest BCUT2D eigenvalue weighted by Gasteiger charge is 2.49.